The molecule has 0 bridgehead atoms. The first-order chi connectivity index (χ1) is 6.42. The lowest BCUT2D eigenvalue weighted by Gasteiger charge is -2.34. The Morgan fingerprint density at radius 3 is 2.77 bits per heavy atom. The fourth-order valence-electron chi connectivity index (χ4n) is 2.18. The molecule has 2 atom stereocenters. The van der Waals surface area contributed by atoms with Crippen LogP contribution in [0.25, 0.3) is 0 Å². The number of aliphatic hydroxyl groups is 1. The van der Waals surface area contributed by atoms with Crippen molar-refractivity contribution < 1.29 is 9.84 Å². The monoisotopic (exact) mass is 186 g/mol. The lowest BCUT2D eigenvalue weighted by Crippen LogP contribution is -2.51. The average Bonchev–Trinajstić information content (AvgIpc) is 2.67. The van der Waals surface area contributed by atoms with Gasteiger partial charge in [-0.3, -0.25) is 4.90 Å². The summed E-state index contributed by atoms with van der Waals surface area (Å²) in [5, 5.41) is 12.5. The zero-order valence-electron chi connectivity index (χ0n) is 7.91. The Hall–Kier alpha value is -0.160. The molecule has 4 heteroatoms. The zero-order chi connectivity index (χ0) is 9.10. The van der Waals surface area contributed by atoms with Gasteiger partial charge in [0.05, 0.1) is 13.2 Å². The number of hydrogen-bond donors (Lipinski definition) is 2. The lowest BCUT2D eigenvalue weighted by atomic mass is 10.0. The summed E-state index contributed by atoms with van der Waals surface area (Å²) in [5.74, 6) is 0.332. The molecule has 2 rings (SSSR count). The highest BCUT2D eigenvalue weighted by Gasteiger charge is 2.32. The van der Waals surface area contributed by atoms with Gasteiger partial charge in [-0.25, -0.2) is 0 Å². The largest absolute Gasteiger partial charge is 0.396 e. The molecule has 0 aromatic rings. The second-order valence-electron chi connectivity index (χ2n) is 3.83. The molecule has 0 spiro atoms. The van der Waals surface area contributed by atoms with E-state index in [1.165, 1.54) is 0 Å². The molecule has 0 amide bonds. The molecule has 0 aromatic carbocycles. The van der Waals surface area contributed by atoms with Crippen LogP contribution in [0.1, 0.15) is 0 Å². The molecular weight excluding hydrogens is 168 g/mol. The molecule has 0 saturated carbocycles. The van der Waals surface area contributed by atoms with Crippen LogP contribution in [0, 0.1) is 5.92 Å². The van der Waals surface area contributed by atoms with Gasteiger partial charge in [0.15, 0.2) is 0 Å². The molecule has 2 unspecified atom stereocenters. The van der Waals surface area contributed by atoms with Gasteiger partial charge in [-0.1, -0.05) is 0 Å². The van der Waals surface area contributed by atoms with Crippen molar-refractivity contribution in [2.75, 3.05) is 46.0 Å². The second-order valence-corrected chi connectivity index (χ2v) is 3.83. The minimum absolute atomic E-state index is 0.259. The van der Waals surface area contributed by atoms with Gasteiger partial charge in [-0.15, -0.1) is 0 Å². The third kappa shape index (κ3) is 2.02. The topological polar surface area (TPSA) is 44.7 Å². The van der Waals surface area contributed by atoms with Crippen LogP contribution in [0.2, 0.25) is 0 Å². The summed E-state index contributed by atoms with van der Waals surface area (Å²) in [5.41, 5.74) is 0. The predicted octanol–water partition coefficient (Wildman–Crippen LogP) is -1.10. The summed E-state index contributed by atoms with van der Waals surface area (Å²) in [6, 6.07) is 0.451. The standard InChI is InChI=1S/C9H18N2O2/c12-5-8-6-13-7-9(8)11-3-1-10-2-4-11/h8-10,12H,1-7H2. The minimum atomic E-state index is 0.259. The van der Waals surface area contributed by atoms with Crippen LogP contribution >= 0.6 is 0 Å². The highest BCUT2D eigenvalue weighted by atomic mass is 16.5. The Bertz CT molecular complexity index is 160. The van der Waals surface area contributed by atoms with Crippen molar-refractivity contribution in [2.24, 2.45) is 5.92 Å². The molecule has 4 nitrogen and oxygen atoms in total. The van der Waals surface area contributed by atoms with Gasteiger partial charge in [0.1, 0.15) is 0 Å². The highest BCUT2D eigenvalue weighted by molar-refractivity contribution is 4.85. The third-order valence-electron chi connectivity index (χ3n) is 3.02. The molecule has 13 heavy (non-hydrogen) atoms. The maximum atomic E-state index is 9.14. The van der Waals surface area contributed by atoms with Crippen LogP contribution in [0.3, 0.4) is 0 Å². The van der Waals surface area contributed by atoms with Gasteiger partial charge in [0.2, 0.25) is 0 Å². The first kappa shape index (κ1) is 9.40. The summed E-state index contributed by atoms with van der Waals surface area (Å²) in [4.78, 5) is 2.43. The van der Waals surface area contributed by atoms with Crippen molar-refractivity contribution in [3.8, 4) is 0 Å². The molecule has 2 aliphatic heterocycles. The molecule has 76 valence electrons. The Labute approximate surface area is 78.9 Å². The fraction of sp³-hybridized carbons (Fsp3) is 1.00. The molecule has 2 aliphatic rings. The van der Waals surface area contributed by atoms with Crippen LogP contribution in [0.5, 0.6) is 0 Å². The number of ether oxygens (including phenoxy) is 1. The van der Waals surface area contributed by atoms with E-state index in [0.29, 0.717) is 12.0 Å². The van der Waals surface area contributed by atoms with Gasteiger partial charge in [0, 0.05) is 44.7 Å². The van der Waals surface area contributed by atoms with Gasteiger partial charge in [-0.05, 0) is 0 Å². The quantitative estimate of drug-likeness (QED) is 0.574. The van der Waals surface area contributed by atoms with Crippen molar-refractivity contribution in [1.82, 2.24) is 10.2 Å². The Balaban J connectivity index is 1.90. The average molecular weight is 186 g/mol. The van der Waals surface area contributed by atoms with Crippen LogP contribution < -0.4 is 5.32 Å². The number of aliphatic hydroxyl groups excluding tert-OH is 1. The van der Waals surface area contributed by atoms with E-state index in [2.05, 4.69) is 10.2 Å². The van der Waals surface area contributed by atoms with Crippen LogP contribution in [-0.4, -0.2) is 62.0 Å². The molecule has 0 aliphatic carbocycles. The summed E-state index contributed by atoms with van der Waals surface area (Å²) in [7, 11) is 0. The SMILES string of the molecule is OCC1COCC1N1CCNCC1. The number of rotatable bonds is 2. The smallest absolute Gasteiger partial charge is 0.0626 e. The van der Waals surface area contributed by atoms with Crippen molar-refractivity contribution >= 4 is 0 Å². The van der Waals surface area contributed by atoms with Crippen LogP contribution in [-0.2, 0) is 4.74 Å². The zero-order valence-corrected chi connectivity index (χ0v) is 7.91. The van der Waals surface area contributed by atoms with Crippen LogP contribution in [0.15, 0.2) is 0 Å². The number of hydrogen-bond acceptors (Lipinski definition) is 4. The molecule has 2 heterocycles. The summed E-state index contributed by atoms with van der Waals surface area (Å²) in [6.45, 7) is 6.09. The number of nitrogens with one attached hydrogen (secondary N) is 1. The normalized spacial score (nSPS) is 36.7. The van der Waals surface area contributed by atoms with Crippen molar-refractivity contribution in [3.63, 3.8) is 0 Å². The maximum Gasteiger partial charge on any atom is 0.0626 e. The van der Waals surface area contributed by atoms with Crippen molar-refractivity contribution in [3.05, 3.63) is 0 Å². The van der Waals surface area contributed by atoms with Gasteiger partial charge in [0.25, 0.3) is 0 Å². The predicted molar refractivity (Wildman–Crippen MR) is 49.6 cm³/mol. The van der Waals surface area contributed by atoms with E-state index in [9.17, 15) is 0 Å². The molecular formula is C9H18N2O2. The molecule has 2 fully saturated rings. The van der Waals surface area contributed by atoms with Crippen LogP contribution in [0.4, 0.5) is 0 Å². The first-order valence-corrected chi connectivity index (χ1v) is 5.05. The molecule has 0 aromatic heterocycles. The Kier molecular flexibility index (Phi) is 3.16. The van der Waals surface area contributed by atoms with E-state index in [0.717, 1.165) is 39.4 Å². The van der Waals surface area contributed by atoms with Gasteiger partial charge in [-0.2, -0.15) is 0 Å². The summed E-state index contributed by atoms with van der Waals surface area (Å²) < 4.78 is 5.39. The highest BCUT2D eigenvalue weighted by Crippen LogP contribution is 2.19. The lowest BCUT2D eigenvalue weighted by molar-refractivity contribution is 0.113. The summed E-state index contributed by atoms with van der Waals surface area (Å²) >= 11 is 0. The molecule has 0 radical (unpaired) electrons. The van der Waals surface area contributed by atoms with E-state index in [-0.39, 0.29) is 6.61 Å². The second kappa shape index (κ2) is 4.37. The van der Waals surface area contributed by atoms with E-state index in [1.54, 1.807) is 0 Å². The van der Waals surface area contributed by atoms with E-state index in [1.807, 2.05) is 0 Å². The number of piperazine rings is 1. The maximum absolute atomic E-state index is 9.14. The third-order valence-corrected chi connectivity index (χ3v) is 3.02. The first-order valence-electron chi connectivity index (χ1n) is 5.05. The van der Waals surface area contributed by atoms with E-state index >= 15 is 0 Å². The molecule has 2 N–H and O–H groups in total. The van der Waals surface area contributed by atoms with E-state index < -0.39 is 0 Å². The minimum Gasteiger partial charge on any atom is -0.396 e. The Morgan fingerprint density at radius 2 is 2.08 bits per heavy atom. The van der Waals surface area contributed by atoms with Gasteiger partial charge < -0.3 is 15.2 Å². The van der Waals surface area contributed by atoms with Gasteiger partial charge >= 0.3 is 0 Å². The Morgan fingerprint density at radius 1 is 1.31 bits per heavy atom. The van der Waals surface area contributed by atoms with Crippen molar-refractivity contribution in [1.29, 1.82) is 0 Å². The fourth-order valence-corrected chi connectivity index (χ4v) is 2.18. The number of nitrogens with zero attached hydrogens (tertiary/aromatic N) is 1. The van der Waals surface area contributed by atoms with Crippen molar-refractivity contribution in [2.45, 2.75) is 6.04 Å². The van der Waals surface area contributed by atoms with E-state index in [4.69, 9.17) is 9.84 Å². The summed E-state index contributed by atoms with van der Waals surface area (Å²) in [6.07, 6.45) is 0. The molecule has 2 saturated heterocycles.